The van der Waals surface area contributed by atoms with E-state index in [0.29, 0.717) is 12.5 Å². The maximum Gasteiger partial charge on any atom is 0.338 e. The Balaban J connectivity index is 0.000000288. The third-order valence-corrected chi connectivity index (χ3v) is 1.28. The Morgan fingerprint density at radius 2 is 1.94 bits per heavy atom. The van der Waals surface area contributed by atoms with Crippen LogP contribution in [0.2, 0.25) is 0 Å². The quantitative estimate of drug-likeness (QED) is 0.408. The van der Waals surface area contributed by atoms with Crippen molar-refractivity contribution in [3.05, 3.63) is 24.8 Å². The third kappa shape index (κ3) is 7.49. The minimum atomic E-state index is -0.579. The van der Waals surface area contributed by atoms with E-state index in [1.165, 1.54) is 6.08 Å². The second kappa shape index (κ2) is 7.39. The van der Waals surface area contributed by atoms with Gasteiger partial charge in [-0.15, -0.1) is 0 Å². The number of carbonyl (C=O) groups excluding carboxylic acids is 3. The van der Waals surface area contributed by atoms with Gasteiger partial charge in [-0.3, -0.25) is 0 Å². The highest BCUT2D eigenvalue weighted by molar-refractivity contribution is 6.04. The van der Waals surface area contributed by atoms with Crippen molar-refractivity contribution < 1.29 is 23.9 Å². The zero-order valence-corrected chi connectivity index (χ0v) is 9.26. The van der Waals surface area contributed by atoms with Gasteiger partial charge in [0.1, 0.15) is 0 Å². The molecule has 0 aromatic rings. The Kier molecular flexibility index (Phi) is 6.51. The first-order valence-electron chi connectivity index (χ1n) is 4.68. The van der Waals surface area contributed by atoms with Crippen molar-refractivity contribution in [2.45, 2.75) is 13.8 Å². The van der Waals surface area contributed by atoms with Crippen molar-refractivity contribution in [3.63, 3.8) is 0 Å². The van der Waals surface area contributed by atoms with Crippen molar-refractivity contribution >= 4 is 17.9 Å². The van der Waals surface area contributed by atoms with Gasteiger partial charge in [0.15, 0.2) is 0 Å². The van der Waals surface area contributed by atoms with E-state index in [0.717, 1.165) is 12.2 Å². The molecule has 0 saturated carbocycles. The molecule has 0 fully saturated rings. The highest BCUT2D eigenvalue weighted by atomic mass is 16.6. The molecule has 0 radical (unpaired) electrons. The molecule has 88 valence electrons. The lowest BCUT2D eigenvalue weighted by Crippen LogP contribution is -2.06. The van der Waals surface area contributed by atoms with Crippen LogP contribution in [0.4, 0.5) is 0 Å². The van der Waals surface area contributed by atoms with Crippen molar-refractivity contribution in [2.75, 3.05) is 6.61 Å². The van der Waals surface area contributed by atoms with Crippen LogP contribution >= 0.6 is 0 Å². The predicted molar refractivity (Wildman–Crippen MR) is 56.2 cm³/mol. The molecular weight excluding hydrogens is 212 g/mol. The zero-order valence-electron chi connectivity index (χ0n) is 9.26. The second-order valence-corrected chi connectivity index (χ2v) is 3.30. The van der Waals surface area contributed by atoms with Crippen LogP contribution in [0.1, 0.15) is 13.8 Å². The first-order chi connectivity index (χ1) is 7.45. The van der Waals surface area contributed by atoms with E-state index in [-0.39, 0.29) is 5.97 Å². The molecule has 0 aromatic carbocycles. The van der Waals surface area contributed by atoms with Crippen molar-refractivity contribution in [2.24, 2.45) is 5.92 Å². The molecule has 0 N–H and O–H groups in total. The van der Waals surface area contributed by atoms with Crippen LogP contribution in [0, 0.1) is 5.92 Å². The lowest BCUT2D eigenvalue weighted by atomic mass is 10.2. The Labute approximate surface area is 93.7 Å². The molecule has 1 rings (SSSR count). The van der Waals surface area contributed by atoms with Crippen molar-refractivity contribution in [1.29, 1.82) is 0 Å². The maximum absolute atomic E-state index is 10.4. The largest absolute Gasteiger partial charge is 0.462 e. The number of hydrogen-bond donors (Lipinski definition) is 0. The molecule has 0 spiro atoms. The standard InChI is InChI=1S/C7H12O2.C4H2O3/c1-4-7(8)9-5-6(2)3;5-3-1-2-4(6)7-3/h4,6H,1,5H2,2-3H3;1-2H. The van der Waals surface area contributed by atoms with E-state index in [1.807, 2.05) is 13.8 Å². The Morgan fingerprint density at radius 1 is 1.44 bits per heavy atom. The number of carbonyl (C=O) groups is 3. The smallest absolute Gasteiger partial charge is 0.338 e. The minimum Gasteiger partial charge on any atom is -0.462 e. The van der Waals surface area contributed by atoms with E-state index < -0.39 is 11.9 Å². The molecule has 1 aliphatic heterocycles. The average Bonchev–Trinajstić information content (AvgIpc) is 2.59. The van der Waals surface area contributed by atoms with Gasteiger partial charge in [0.05, 0.1) is 6.61 Å². The third-order valence-electron chi connectivity index (χ3n) is 1.28. The SMILES string of the molecule is C=CC(=O)OCC(C)C.O=C1C=CC(=O)O1. The van der Waals surface area contributed by atoms with Gasteiger partial charge in [-0.2, -0.15) is 0 Å². The molecule has 1 aliphatic rings. The van der Waals surface area contributed by atoms with Crippen LogP contribution in [-0.4, -0.2) is 24.5 Å². The van der Waals surface area contributed by atoms with Crippen LogP contribution < -0.4 is 0 Å². The molecule has 0 aromatic heterocycles. The lowest BCUT2D eigenvalue weighted by Gasteiger charge is -2.02. The summed E-state index contributed by atoms with van der Waals surface area (Å²) in [6.07, 6.45) is 3.34. The van der Waals surface area contributed by atoms with Crippen LogP contribution in [0.15, 0.2) is 24.8 Å². The van der Waals surface area contributed by atoms with Gasteiger partial charge in [0.25, 0.3) is 0 Å². The van der Waals surface area contributed by atoms with Gasteiger partial charge >= 0.3 is 17.9 Å². The molecule has 5 heteroatoms. The van der Waals surface area contributed by atoms with Crippen molar-refractivity contribution in [1.82, 2.24) is 0 Å². The van der Waals surface area contributed by atoms with Gasteiger partial charge in [-0.25, -0.2) is 14.4 Å². The van der Waals surface area contributed by atoms with Crippen LogP contribution in [-0.2, 0) is 23.9 Å². The van der Waals surface area contributed by atoms with Gasteiger partial charge in [0.2, 0.25) is 0 Å². The van der Waals surface area contributed by atoms with Gasteiger partial charge < -0.3 is 9.47 Å². The summed E-state index contributed by atoms with van der Waals surface area (Å²) < 4.78 is 8.67. The van der Waals surface area contributed by atoms with E-state index in [9.17, 15) is 14.4 Å². The number of hydrogen-bond acceptors (Lipinski definition) is 5. The second-order valence-electron chi connectivity index (χ2n) is 3.30. The van der Waals surface area contributed by atoms with Gasteiger partial charge in [0, 0.05) is 18.2 Å². The summed E-state index contributed by atoms with van der Waals surface area (Å²) in [5.74, 6) is -1.10. The molecule has 0 amide bonds. The predicted octanol–water partition coefficient (Wildman–Crippen LogP) is 0.998. The monoisotopic (exact) mass is 226 g/mol. The minimum absolute atomic E-state index is 0.344. The van der Waals surface area contributed by atoms with Crippen LogP contribution in [0.5, 0.6) is 0 Å². The Morgan fingerprint density at radius 3 is 2.19 bits per heavy atom. The van der Waals surface area contributed by atoms with Gasteiger partial charge in [-0.1, -0.05) is 20.4 Å². The fraction of sp³-hybridized carbons (Fsp3) is 0.364. The normalized spacial score (nSPS) is 12.9. The zero-order chi connectivity index (χ0) is 12.6. The lowest BCUT2D eigenvalue weighted by molar-refractivity contribution is -0.150. The van der Waals surface area contributed by atoms with E-state index in [1.54, 1.807) is 0 Å². The first-order valence-corrected chi connectivity index (χ1v) is 4.68. The van der Waals surface area contributed by atoms with Gasteiger partial charge in [-0.05, 0) is 5.92 Å². The summed E-state index contributed by atoms with van der Waals surface area (Å²) in [6, 6.07) is 0. The molecule has 0 unspecified atom stereocenters. The summed E-state index contributed by atoms with van der Waals surface area (Å²) >= 11 is 0. The highest BCUT2D eigenvalue weighted by Crippen LogP contribution is 1.93. The molecular formula is C11H14O5. The number of rotatable bonds is 3. The number of esters is 3. The molecule has 0 bridgehead atoms. The van der Waals surface area contributed by atoms with Crippen LogP contribution in [0.25, 0.3) is 0 Å². The van der Waals surface area contributed by atoms with E-state index in [2.05, 4.69) is 11.3 Å². The summed E-state index contributed by atoms with van der Waals surface area (Å²) in [7, 11) is 0. The summed E-state index contributed by atoms with van der Waals surface area (Å²) in [5, 5.41) is 0. The fourth-order valence-corrected chi connectivity index (χ4v) is 0.611. The average molecular weight is 226 g/mol. The molecule has 0 saturated heterocycles. The maximum atomic E-state index is 10.4. The summed E-state index contributed by atoms with van der Waals surface area (Å²) in [6.45, 7) is 7.71. The topological polar surface area (TPSA) is 69.7 Å². The molecule has 1 heterocycles. The molecule has 0 atom stereocenters. The Hall–Kier alpha value is -1.91. The van der Waals surface area contributed by atoms with Crippen LogP contribution in [0.3, 0.4) is 0 Å². The molecule has 5 nitrogen and oxygen atoms in total. The fourth-order valence-electron chi connectivity index (χ4n) is 0.611. The highest BCUT2D eigenvalue weighted by Gasteiger charge is 2.10. The number of cyclic esters (lactones) is 2. The first kappa shape index (κ1) is 14.1. The van der Waals surface area contributed by atoms with E-state index >= 15 is 0 Å². The molecule has 0 aliphatic carbocycles. The summed E-state index contributed by atoms with van der Waals surface area (Å²) in [5.41, 5.74) is 0. The van der Waals surface area contributed by atoms with E-state index in [4.69, 9.17) is 4.74 Å². The Bertz CT molecular complexity index is 298. The van der Waals surface area contributed by atoms with Crippen molar-refractivity contribution in [3.8, 4) is 0 Å². The number of ether oxygens (including phenoxy) is 2. The summed E-state index contributed by atoms with van der Waals surface area (Å²) in [4.78, 5) is 30.2. The molecule has 16 heavy (non-hydrogen) atoms.